The van der Waals surface area contributed by atoms with Gasteiger partial charge >= 0.3 is 5.97 Å². The minimum Gasteiger partial charge on any atom is -0.465 e. The van der Waals surface area contributed by atoms with Crippen LogP contribution in [-0.2, 0) is 18.4 Å². The molecule has 0 bridgehead atoms. The molecular formula is C34H74O7S2Si2. The van der Waals surface area contributed by atoms with Crippen molar-refractivity contribution in [1.82, 2.24) is 0 Å². The van der Waals surface area contributed by atoms with Gasteiger partial charge in [0.2, 0.25) is 0 Å². The second-order valence-electron chi connectivity index (χ2n) is 16.6. The highest BCUT2D eigenvalue weighted by atomic mass is 32.1. The second-order valence-corrected chi connectivity index (χ2v) is 26.1. The van der Waals surface area contributed by atoms with E-state index < -0.39 is 34.3 Å². The number of hydrogen-bond acceptors (Lipinski definition) is 7. The van der Waals surface area contributed by atoms with Gasteiger partial charge in [-0.1, -0.05) is 80.1 Å². The third kappa shape index (κ3) is 12.4. The van der Waals surface area contributed by atoms with Crippen LogP contribution in [0.3, 0.4) is 0 Å². The lowest BCUT2D eigenvalue weighted by molar-refractivity contribution is -0.172. The fourth-order valence-electron chi connectivity index (χ4n) is 6.24. The topological polar surface area (TPSA) is 105 Å². The summed E-state index contributed by atoms with van der Waals surface area (Å²) >= 11 is 0. The number of carbonyl (C=O) groups excluding carboxylic acids is 1. The summed E-state index contributed by atoms with van der Waals surface area (Å²) in [6.07, 6.45) is 7.72. The lowest BCUT2D eigenvalue weighted by atomic mass is 9.69. The van der Waals surface area contributed by atoms with Gasteiger partial charge in [0.05, 0.1) is 43.0 Å². The molecule has 0 heterocycles. The van der Waals surface area contributed by atoms with Crippen LogP contribution < -0.4 is 0 Å². The molecule has 11 heteroatoms. The molecule has 0 amide bonds. The first-order chi connectivity index (χ1) is 19.5. The monoisotopic (exact) mass is 714 g/mol. The first-order valence-corrected chi connectivity index (χ1v) is 22.8. The van der Waals surface area contributed by atoms with E-state index in [0.29, 0.717) is 19.4 Å². The lowest BCUT2D eigenvalue weighted by Gasteiger charge is -2.45. The third-order valence-corrected chi connectivity index (χ3v) is 20.4. The first kappa shape index (κ1) is 47.5. The molecule has 0 aromatic heterocycles. The Morgan fingerprint density at radius 2 is 1.07 bits per heavy atom. The van der Waals surface area contributed by atoms with E-state index in [-0.39, 0.29) is 67.3 Å². The van der Waals surface area contributed by atoms with Gasteiger partial charge in [-0.25, -0.2) is 0 Å². The molecule has 2 fully saturated rings. The highest BCUT2D eigenvalue weighted by Crippen LogP contribution is 2.45. The molecule has 2 aliphatic carbocycles. The number of rotatable bonds is 11. The maximum atomic E-state index is 12.6. The van der Waals surface area contributed by atoms with Gasteiger partial charge in [-0.3, -0.25) is 4.79 Å². The molecule has 2 rings (SSSR count). The Hall–Kier alpha value is 0.404. The van der Waals surface area contributed by atoms with Crippen molar-refractivity contribution < 1.29 is 33.7 Å². The van der Waals surface area contributed by atoms with E-state index >= 15 is 0 Å². The summed E-state index contributed by atoms with van der Waals surface area (Å²) in [7, 11) is -3.87. The molecule has 2 saturated carbocycles. The van der Waals surface area contributed by atoms with Gasteiger partial charge in [0.15, 0.2) is 16.6 Å². The van der Waals surface area contributed by atoms with Crippen LogP contribution in [0.25, 0.3) is 0 Å². The number of ether oxygens (including phenoxy) is 1. The number of aliphatic hydroxyl groups is 3. The maximum Gasteiger partial charge on any atom is 0.314 e. The molecule has 2 unspecified atom stereocenters. The fourth-order valence-corrected chi connectivity index (χ4v) is 9.06. The highest BCUT2D eigenvalue weighted by Gasteiger charge is 2.51. The Morgan fingerprint density at radius 3 is 1.40 bits per heavy atom. The zero-order chi connectivity index (χ0) is 33.5. The van der Waals surface area contributed by atoms with Gasteiger partial charge in [0.1, 0.15) is 0 Å². The van der Waals surface area contributed by atoms with Crippen molar-refractivity contribution >= 4 is 49.6 Å². The predicted octanol–water partition coefficient (Wildman–Crippen LogP) is 8.20. The Balaban J connectivity index is 0. The zero-order valence-electron chi connectivity index (χ0n) is 31.3. The quantitative estimate of drug-likeness (QED) is 0.146. The van der Waals surface area contributed by atoms with Crippen LogP contribution in [0.15, 0.2) is 0 Å². The van der Waals surface area contributed by atoms with Crippen LogP contribution in [-0.4, -0.2) is 75.6 Å². The Bertz CT molecular complexity index is 846. The molecule has 7 nitrogen and oxygen atoms in total. The summed E-state index contributed by atoms with van der Waals surface area (Å²) in [5.74, 6) is -0.252. The van der Waals surface area contributed by atoms with Gasteiger partial charge in [-0.05, 0) is 82.7 Å². The lowest BCUT2D eigenvalue weighted by Crippen LogP contribution is -2.54. The van der Waals surface area contributed by atoms with Crippen molar-refractivity contribution in [2.75, 3.05) is 13.2 Å². The third-order valence-electron chi connectivity index (χ3n) is 11.2. The molecule has 0 spiro atoms. The number of carbonyl (C=O) groups is 1. The summed E-state index contributed by atoms with van der Waals surface area (Å²) in [5.41, 5.74) is -1.14. The summed E-state index contributed by atoms with van der Waals surface area (Å²) in [4.78, 5) is 12.6. The van der Waals surface area contributed by atoms with Gasteiger partial charge in [-0.15, -0.1) is 0 Å². The van der Waals surface area contributed by atoms with Crippen molar-refractivity contribution in [2.45, 2.75) is 187 Å². The fraction of sp³-hybridized carbons (Fsp3) is 0.971. The highest BCUT2D eigenvalue weighted by molar-refractivity contribution is 7.59. The molecule has 3 N–H and O–H groups in total. The SMILES string of the molecule is CCOC(=O)C1(C(O)[C@H](C)O[Si](C)(C)C(C)(C)C)CCCCC1.C[C@H](O[Si](C)(C)C(C)(C)C)C(O)C1(CO)CCCCC1.S.S. The van der Waals surface area contributed by atoms with E-state index in [9.17, 15) is 20.1 Å². The molecule has 0 radical (unpaired) electrons. The van der Waals surface area contributed by atoms with E-state index in [1.165, 1.54) is 6.42 Å². The largest absolute Gasteiger partial charge is 0.465 e. The minimum absolute atomic E-state index is 0. The summed E-state index contributed by atoms with van der Waals surface area (Å²) < 4.78 is 18.0. The molecule has 0 aromatic carbocycles. The van der Waals surface area contributed by atoms with E-state index in [2.05, 4.69) is 67.7 Å². The number of esters is 1. The summed E-state index contributed by atoms with van der Waals surface area (Å²) in [6, 6.07) is 0. The van der Waals surface area contributed by atoms with Crippen molar-refractivity contribution in [3.63, 3.8) is 0 Å². The number of hydrogen-bond donors (Lipinski definition) is 3. The van der Waals surface area contributed by atoms with Crippen LogP contribution in [0.1, 0.15) is 127 Å². The normalized spacial score (nSPS) is 21.4. The maximum absolute atomic E-state index is 12.6. The molecule has 0 aliphatic heterocycles. The van der Waals surface area contributed by atoms with Crippen molar-refractivity contribution in [3.8, 4) is 0 Å². The molecule has 0 aromatic rings. The molecule has 0 saturated heterocycles. The second kappa shape index (κ2) is 19.0. The first-order valence-electron chi connectivity index (χ1n) is 17.0. The van der Waals surface area contributed by atoms with Crippen molar-refractivity contribution in [1.29, 1.82) is 0 Å². The van der Waals surface area contributed by atoms with Crippen molar-refractivity contribution in [3.05, 3.63) is 0 Å². The predicted molar refractivity (Wildman–Crippen MR) is 203 cm³/mol. The van der Waals surface area contributed by atoms with E-state index in [1.54, 1.807) is 0 Å². The Kier molecular flexibility index (Phi) is 20.0. The summed E-state index contributed by atoms with van der Waals surface area (Å²) in [5, 5.41) is 31.8. The summed E-state index contributed by atoms with van der Waals surface area (Å²) in [6.45, 7) is 28.1. The molecule has 45 heavy (non-hydrogen) atoms. The minimum atomic E-state index is -1.99. The number of aliphatic hydroxyl groups excluding tert-OH is 3. The van der Waals surface area contributed by atoms with Crippen LogP contribution in [0.4, 0.5) is 0 Å². The van der Waals surface area contributed by atoms with E-state index in [4.69, 9.17) is 13.6 Å². The van der Waals surface area contributed by atoms with Gasteiger partial charge in [0, 0.05) is 5.41 Å². The smallest absolute Gasteiger partial charge is 0.314 e. The molecule has 4 atom stereocenters. The van der Waals surface area contributed by atoms with E-state index in [0.717, 1.165) is 44.9 Å². The van der Waals surface area contributed by atoms with Crippen LogP contribution in [0.2, 0.25) is 36.3 Å². The Labute approximate surface area is 293 Å². The zero-order valence-corrected chi connectivity index (χ0v) is 35.3. The van der Waals surface area contributed by atoms with Crippen LogP contribution in [0.5, 0.6) is 0 Å². The van der Waals surface area contributed by atoms with Crippen LogP contribution >= 0.6 is 27.0 Å². The standard InChI is InChI=1S/C18H36O4Si.C16H34O3Si.2H2S/c1-8-21-16(20)18(12-10-9-11-13-18)15(19)14(2)22-23(6,7)17(3,4)5;1-13(19-20(5,6)15(2,3)4)14(18)16(12-17)10-8-7-9-11-16;;/h14-15,19H,8-13H2,1-7H3;13-14,17-18H,7-12H2,1-6H3;2*1H2/t14-,15?;13-,14?;;/m00../s1. The molecule has 2 aliphatic rings. The molecular weight excluding hydrogens is 641 g/mol. The van der Waals surface area contributed by atoms with Gasteiger partial charge in [0.25, 0.3) is 0 Å². The van der Waals surface area contributed by atoms with E-state index in [1.807, 2.05) is 20.8 Å². The van der Waals surface area contributed by atoms with Crippen LogP contribution in [0, 0.1) is 10.8 Å². The van der Waals surface area contributed by atoms with Gasteiger partial charge in [-0.2, -0.15) is 27.0 Å². The van der Waals surface area contributed by atoms with Crippen molar-refractivity contribution in [2.24, 2.45) is 10.8 Å². The molecule has 272 valence electrons. The average molecular weight is 715 g/mol. The average Bonchev–Trinajstić information content (AvgIpc) is 2.91. The Morgan fingerprint density at radius 1 is 0.711 bits per heavy atom. The van der Waals surface area contributed by atoms with Gasteiger partial charge < -0.3 is 28.9 Å².